The molecule has 1 aliphatic heterocycles. The number of piperidine rings is 1. The first-order valence-corrected chi connectivity index (χ1v) is 10.5. The fraction of sp³-hybridized carbons (Fsp3) is 0.375. The lowest BCUT2D eigenvalue weighted by Crippen LogP contribution is -2.46. The van der Waals surface area contributed by atoms with Crippen molar-refractivity contribution in [3.05, 3.63) is 78.0 Å². The van der Waals surface area contributed by atoms with E-state index in [2.05, 4.69) is 23.4 Å². The van der Waals surface area contributed by atoms with E-state index in [0.717, 1.165) is 0 Å². The summed E-state index contributed by atoms with van der Waals surface area (Å²) >= 11 is 0. The zero-order valence-corrected chi connectivity index (χ0v) is 18.6. The van der Waals surface area contributed by atoms with Crippen molar-refractivity contribution in [1.29, 1.82) is 0 Å². The monoisotopic (exact) mass is 442 g/mol. The van der Waals surface area contributed by atoms with Gasteiger partial charge in [-0.25, -0.2) is 8.78 Å². The third-order valence-electron chi connectivity index (χ3n) is 5.82. The highest BCUT2D eigenvalue weighted by Gasteiger charge is 2.33. The van der Waals surface area contributed by atoms with Crippen molar-refractivity contribution in [3.8, 4) is 5.69 Å². The van der Waals surface area contributed by atoms with Gasteiger partial charge in [0.1, 0.15) is 5.76 Å². The van der Waals surface area contributed by atoms with Crippen LogP contribution >= 0.6 is 0 Å². The summed E-state index contributed by atoms with van der Waals surface area (Å²) in [4.78, 5) is 16.6. The Kier molecular flexibility index (Phi) is 7.22. The number of carbonyl (C=O) groups is 1. The molecule has 2 heterocycles. The van der Waals surface area contributed by atoms with Gasteiger partial charge >= 0.3 is 0 Å². The standard InChI is InChI=1S/C24H28F2N4O2/c1-15(2)17(4)22(23(25)26)32-18(5)19-11-10-16(3)29(14-19)24(31)20-8-6-7-9-21(20)30-27-12-13-28-30/h6-9,12-13,16,19,23H,1,5,10-11,14H2,2-4H3/b22-17+/t16-,19?/m1/s1. The lowest BCUT2D eigenvalue weighted by molar-refractivity contribution is 0.0497. The Labute approximate surface area is 186 Å². The van der Waals surface area contributed by atoms with Gasteiger partial charge in [-0.2, -0.15) is 15.0 Å². The number of carbonyl (C=O) groups excluding carboxylic acids is 1. The van der Waals surface area contributed by atoms with Crippen LogP contribution in [-0.4, -0.2) is 44.8 Å². The Bertz CT molecular complexity index is 1030. The fourth-order valence-corrected chi connectivity index (χ4v) is 3.70. The van der Waals surface area contributed by atoms with Crippen LogP contribution in [0.15, 0.2) is 72.5 Å². The Balaban J connectivity index is 1.82. The van der Waals surface area contributed by atoms with Gasteiger partial charge in [-0.15, -0.1) is 0 Å². The second-order valence-corrected chi connectivity index (χ2v) is 8.06. The Morgan fingerprint density at radius 2 is 1.81 bits per heavy atom. The molecule has 0 radical (unpaired) electrons. The predicted octanol–water partition coefficient (Wildman–Crippen LogP) is 5.15. The van der Waals surface area contributed by atoms with Crippen molar-refractivity contribution < 1.29 is 18.3 Å². The molecule has 6 nitrogen and oxygen atoms in total. The topological polar surface area (TPSA) is 60.2 Å². The Morgan fingerprint density at radius 3 is 2.44 bits per heavy atom. The molecule has 0 bridgehead atoms. The lowest BCUT2D eigenvalue weighted by Gasteiger charge is -2.38. The molecule has 8 heteroatoms. The van der Waals surface area contributed by atoms with Gasteiger partial charge in [0.15, 0.2) is 5.76 Å². The fourth-order valence-electron chi connectivity index (χ4n) is 3.70. The smallest absolute Gasteiger partial charge is 0.295 e. The summed E-state index contributed by atoms with van der Waals surface area (Å²) in [7, 11) is 0. The minimum absolute atomic E-state index is 0.0209. The first-order chi connectivity index (χ1) is 15.2. The van der Waals surface area contributed by atoms with Crippen molar-refractivity contribution in [2.45, 2.75) is 46.1 Å². The second-order valence-electron chi connectivity index (χ2n) is 8.06. The molecule has 1 aromatic heterocycles. The zero-order chi connectivity index (χ0) is 23.4. The van der Waals surface area contributed by atoms with Crippen molar-refractivity contribution >= 4 is 5.91 Å². The summed E-state index contributed by atoms with van der Waals surface area (Å²) in [6, 6.07) is 7.09. The average molecular weight is 443 g/mol. The molecule has 0 aliphatic carbocycles. The number of halogens is 2. The molecule has 1 fully saturated rings. The highest BCUT2D eigenvalue weighted by Crippen LogP contribution is 2.32. The molecule has 1 amide bonds. The summed E-state index contributed by atoms with van der Waals surface area (Å²) in [5, 5.41) is 8.27. The van der Waals surface area contributed by atoms with E-state index in [9.17, 15) is 13.6 Å². The van der Waals surface area contributed by atoms with Gasteiger partial charge in [0.2, 0.25) is 0 Å². The summed E-state index contributed by atoms with van der Waals surface area (Å²) < 4.78 is 32.7. The molecular weight excluding hydrogens is 414 g/mol. The minimum Gasteiger partial charge on any atom is -0.460 e. The molecule has 170 valence electrons. The number of allylic oxidation sites excluding steroid dienone is 3. The molecule has 1 saturated heterocycles. The average Bonchev–Trinajstić information content (AvgIpc) is 3.31. The van der Waals surface area contributed by atoms with E-state index in [-0.39, 0.29) is 23.6 Å². The van der Waals surface area contributed by atoms with E-state index in [1.54, 1.807) is 49.3 Å². The summed E-state index contributed by atoms with van der Waals surface area (Å²) in [6.07, 6.45) is 1.70. The van der Waals surface area contributed by atoms with Crippen LogP contribution < -0.4 is 0 Å². The first-order valence-electron chi connectivity index (χ1n) is 10.5. The van der Waals surface area contributed by atoms with Gasteiger partial charge in [-0.3, -0.25) is 4.79 Å². The molecule has 1 aliphatic rings. The molecule has 1 aromatic carbocycles. The molecule has 0 saturated carbocycles. The number of alkyl halides is 2. The maximum absolute atomic E-state index is 13.6. The van der Waals surface area contributed by atoms with Crippen molar-refractivity contribution in [2.24, 2.45) is 5.92 Å². The number of nitrogens with zero attached hydrogens (tertiary/aromatic N) is 4. The molecule has 2 aromatic rings. The number of amides is 1. The van der Waals surface area contributed by atoms with Crippen LogP contribution in [-0.2, 0) is 4.74 Å². The van der Waals surface area contributed by atoms with Crippen molar-refractivity contribution in [2.75, 3.05) is 6.54 Å². The molecular formula is C24H28F2N4O2. The number of para-hydroxylation sites is 1. The van der Waals surface area contributed by atoms with Crippen LogP contribution in [0.4, 0.5) is 8.78 Å². The van der Waals surface area contributed by atoms with Crippen LogP contribution in [0.1, 0.15) is 44.0 Å². The van der Waals surface area contributed by atoms with Crippen LogP contribution in [0.3, 0.4) is 0 Å². The highest BCUT2D eigenvalue weighted by molar-refractivity contribution is 5.98. The van der Waals surface area contributed by atoms with E-state index in [0.29, 0.717) is 41.8 Å². The van der Waals surface area contributed by atoms with Gasteiger partial charge in [-0.05, 0) is 51.3 Å². The van der Waals surface area contributed by atoms with Gasteiger partial charge in [-0.1, -0.05) is 30.9 Å². The molecule has 32 heavy (non-hydrogen) atoms. The second kappa shape index (κ2) is 9.89. The van der Waals surface area contributed by atoms with E-state index in [4.69, 9.17) is 4.74 Å². The molecule has 3 rings (SSSR count). The summed E-state index contributed by atoms with van der Waals surface area (Å²) in [6.45, 7) is 13.1. The number of benzene rings is 1. The SMILES string of the molecule is C=C(C)/C(C)=C(/OC(=C)C1CC[C@@H](C)N(C(=O)c2ccccc2-n2nccn2)C1)C(F)F. The maximum Gasteiger partial charge on any atom is 0.295 e. The highest BCUT2D eigenvalue weighted by atomic mass is 19.3. The van der Waals surface area contributed by atoms with E-state index in [1.165, 1.54) is 4.80 Å². The van der Waals surface area contributed by atoms with Crippen LogP contribution in [0.2, 0.25) is 0 Å². The number of aromatic nitrogens is 3. The van der Waals surface area contributed by atoms with Crippen molar-refractivity contribution in [1.82, 2.24) is 19.9 Å². The van der Waals surface area contributed by atoms with Crippen LogP contribution in [0.5, 0.6) is 0 Å². The normalized spacial score (nSPS) is 19.5. The van der Waals surface area contributed by atoms with E-state index in [1.807, 2.05) is 13.0 Å². The minimum atomic E-state index is -2.78. The molecule has 1 unspecified atom stereocenters. The Hall–Kier alpha value is -3.29. The lowest BCUT2D eigenvalue weighted by atomic mass is 9.91. The number of rotatable bonds is 7. The predicted molar refractivity (Wildman–Crippen MR) is 118 cm³/mol. The number of likely N-dealkylation sites (tertiary alicyclic amines) is 1. The van der Waals surface area contributed by atoms with Crippen LogP contribution in [0.25, 0.3) is 5.69 Å². The van der Waals surface area contributed by atoms with Gasteiger partial charge in [0.05, 0.1) is 23.6 Å². The molecule has 0 N–H and O–H groups in total. The summed E-state index contributed by atoms with van der Waals surface area (Å²) in [5.41, 5.74) is 1.85. The van der Waals surface area contributed by atoms with Crippen LogP contribution in [0, 0.1) is 5.92 Å². The first kappa shape index (κ1) is 23.4. The largest absolute Gasteiger partial charge is 0.460 e. The van der Waals surface area contributed by atoms with Gasteiger partial charge in [0, 0.05) is 18.5 Å². The third kappa shape index (κ3) is 4.95. The number of hydrogen-bond acceptors (Lipinski definition) is 4. The van der Waals surface area contributed by atoms with Gasteiger partial charge in [0.25, 0.3) is 12.3 Å². The number of hydrogen-bond donors (Lipinski definition) is 0. The quantitative estimate of drug-likeness (QED) is 0.439. The molecule has 0 spiro atoms. The van der Waals surface area contributed by atoms with Gasteiger partial charge < -0.3 is 9.64 Å². The molecule has 2 atom stereocenters. The third-order valence-corrected chi connectivity index (χ3v) is 5.82. The maximum atomic E-state index is 13.6. The van der Waals surface area contributed by atoms with Crippen molar-refractivity contribution in [3.63, 3.8) is 0 Å². The van der Waals surface area contributed by atoms with E-state index >= 15 is 0 Å². The van der Waals surface area contributed by atoms with E-state index < -0.39 is 12.2 Å². The zero-order valence-electron chi connectivity index (χ0n) is 18.6. The number of ether oxygens (including phenoxy) is 1. The Morgan fingerprint density at radius 1 is 1.16 bits per heavy atom. The summed E-state index contributed by atoms with van der Waals surface area (Å²) in [5.74, 6) is -0.649.